The highest BCUT2D eigenvalue weighted by Gasteiger charge is 2.30. The number of hydrogen-bond acceptors (Lipinski definition) is 4. The SMILES string of the molecule is Cc1cc2c(c([N+](=O)[O-])c1)NC(=O)C(C)NC2=O. The zero-order valence-corrected chi connectivity index (χ0v) is 9.81. The van der Waals surface area contributed by atoms with Gasteiger partial charge >= 0.3 is 0 Å². The molecule has 18 heavy (non-hydrogen) atoms. The third-order valence-corrected chi connectivity index (χ3v) is 2.69. The van der Waals surface area contributed by atoms with Crippen molar-refractivity contribution in [1.29, 1.82) is 0 Å². The van der Waals surface area contributed by atoms with Crippen LogP contribution in [0.5, 0.6) is 0 Å². The van der Waals surface area contributed by atoms with Gasteiger partial charge in [-0.05, 0) is 25.5 Å². The maximum absolute atomic E-state index is 11.9. The molecule has 0 radical (unpaired) electrons. The van der Waals surface area contributed by atoms with Gasteiger partial charge in [0.15, 0.2) is 0 Å². The van der Waals surface area contributed by atoms with Crippen molar-refractivity contribution in [3.63, 3.8) is 0 Å². The van der Waals surface area contributed by atoms with Gasteiger partial charge in [0.1, 0.15) is 11.7 Å². The highest BCUT2D eigenvalue weighted by Crippen LogP contribution is 2.31. The van der Waals surface area contributed by atoms with Crippen LogP contribution in [0.25, 0.3) is 0 Å². The molecule has 1 heterocycles. The van der Waals surface area contributed by atoms with E-state index >= 15 is 0 Å². The van der Waals surface area contributed by atoms with Crippen LogP contribution < -0.4 is 10.6 Å². The summed E-state index contributed by atoms with van der Waals surface area (Å²) < 4.78 is 0. The zero-order valence-electron chi connectivity index (χ0n) is 9.81. The molecule has 1 aromatic rings. The maximum atomic E-state index is 11.9. The van der Waals surface area contributed by atoms with Gasteiger partial charge in [-0.3, -0.25) is 19.7 Å². The number of amides is 2. The minimum absolute atomic E-state index is 0.0440. The number of aryl methyl sites for hydroxylation is 1. The molecule has 2 rings (SSSR count). The van der Waals surface area contributed by atoms with E-state index in [-0.39, 0.29) is 16.9 Å². The van der Waals surface area contributed by atoms with E-state index < -0.39 is 22.8 Å². The van der Waals surface area contributed by atoms with Crippen LogP contribution >= 0.6 is 0 Å². The van der Waals surface area contributed by atoms with Crippen molar-refractivity contribution in [3.05, 3.63) is 33.4 Å². The molecule has 7 nitrogen and oxygen atoms in total. The molecular weight excluding hydrogens is 238 g/mol. The summed E-state index contributed by atoms with van der Waals surface area (Å²) in [5, 5.41) is 15.8. The van der Waals surface area contributed by atoms with Gasteiger partial charge in [0.25, 0.3) is 11.6 Å². The van der Waals surface area contributed by atoms with Crippen molar-refractivity contribution in [3.8, 4) is 0 Å². The van der Waals surface area contributed by atoms with Crippen LogP contribution in [-0.4, -0.2) is 22.8 Å². The summed E-state index contributed by atoms with van der Waals surface area (Å²) in [5.41, 5.74) is 0.374. The summed E-state index contributed by atoms with van der Waals surface area (Å²) in [6.07, 6.45) is 0. The molecular formula is C11H11N3O4. The second kappa shape index (κ2) is 4.10. The van der Waals surface area contributed by atoms with Crippen molar-refractivity contribution in [2.45, 2.75) is 19.9 Å². The molecule has 1 aliphatic rings. The van der Waals surface area contributed by atoms with Gasteiger partial charge in [-0.25, -0.2) is 0 Å². The fraction of sp³-hybridized carbons (Fsp3) is 0.273. The number of benzene rings is 1. The monoisotopic (exact) mass is 249 g/mol. The summed E-state index contributed by atoms with van der Waals surface area (Å²) in [7, 11) is 0. The van der Waals surface area contributed by atoms with Gasteiger partial charge in [-0.2, -0.15) is 0 Å². The van der Waals surface area contributed by atoms with E-state index in [0.717, 1.165) is 0 Å². The lowest BCUT2D eigenvalue weighted by atomic mass is 10.1. The third-order valence-electron chi connectivity index (χ3n) is 2.69. The fourth-order valence-electron chi connectivity index (χ4n) is 1.79. The first-order valence-electron chi connectivity index (χ1n) is 5.31. The number of nitrogens with one attached hydrogen (secondary N) is 2. The van der Waals surface area contributed by atoms with Gasteiger partial charge in [0.05, 0.1) is 10.5 Å². The third kappa shape index (κ3) is 1.90. The van der Waals surface area contributed by atoms with Crippen LogP contribution in [0.3, 0.4) is 0 Å². The van der Waals surface area contributed by atoms with Crippen LogP contribution in [0.2, 0.25) is 0 Å². The van der Waals surface area contributed by atoms with Crippen molar-refractivity contribution < 1.29 is 14.5 Å². The quantitative estimate of drug-likeness (QED) is 0.572. The fourth-order valence-corrected chi connectivity index (χ4v) is 1.79. The van der Waals surface area contributed by atoms with E-state index in [0.29, 0.717) is 5.56 Å². The molecule has 0 saturated heterocycles. The Labute approximate surface area is 102 Å². The first kappa shape index (κ1) is 12.0. The molecule has 1 atom stereocenters. The number of carbonyl (C=O) groups is 2. The summed E-state index contributed by atoms with van der Waals surface area (Å²) in [6.45, 7) is 3.16. The Hall–Kier alpha value is -2.44. The first-order valence-corrected chi connectivity index (χ1v) is 5.31. The Morgan fingerprint density at radius 2 is 2.00 bits per heavy atom. The molecule has 2 amide bonds. The number of nitro groups is 1. The van der Waals surface area contributed by atoms with Gasteiger partial charge in [0.2, 0.25) is 5.91 Å². The highest BCUT2D eigenvalue weighted by atomic mass is 16.6. The second-order valence-corrected chi connectivity index (χ2v) is 4.15. The van der Waals surface area contributed by atoms with E-state index in [1.54, 1.807) is 6.92 Å². The minimum atomic E-state index is -0.732. The lowest BCUT2D eigenvalue weighted by Gasteiger charge is -2.07. The topological polar surface area (TPSA) is 101 Å². The van der Waals surface area contributed by atoms with Crippen LogP contribution in [0.4, 0.5) is 11.4 Å². The predicted molar refractivity (Wildman–Crippen MR) is 63.4 cm³/mol. The lowest BCUT2D eigenvalue weighted by Crippen LogP contribution is -2.38. The molecule has 1 unspecified atom stereocenters. The van der Waals surface area contributed by atoms with Gasteiger partial charge in [-0.1, -0.05) is 0 Å². The molecule has 1 aliphatic heterocycles. The number of nitrogens with zero attached hydrogens (tertiary/aromatic N) is 1. The minimum Gasteiger partial charge on any atom is -0.340 e. The molecule has 7 heteroatoms. The Morgan fingerprint density at radius 1 is 1.33 bits per heavy atom. The molecule has 1 aromatic carbocycles. The molecule has 0 aliphatic carbocycles. The number of fused-ring (bicyclic) bond motifs is 1. The standard InChI is InChI=1S/C11H11N3O4/c1-5-3-7-9(8(4-5)14(17)18)13-10(15)6(2)12-11(7)16/h3-4,6H,1-2H3,(H,12,16)(H,13,15). The molecule has 0 aromatic heterocycles. The van der Waals surface area contributed by atoms with E-state index in [9.17, 15) is 19.7 Å². The zero-order chi connectivity index (χ0) is 13.4. The molecule has 0 saturated carbocycles. The Morgan fingerprint density at radius 3 is 2.61 bits per heavy atom. The van der Waals surface area contributed by atoms with Crippen LogP contribution in [-0.2, 0) is 4.79 Å². The highest BCUT2D eigenvalue weighted by molar-refractivity contribution is 6.11. The van der Waals surface area contributed by atoms with Crippen molar-refractivity contribution in [1.82, 2.24) is 5.32 Å². The van der Waals surface area contributed by atoms with Crippen molar-refractivity contribution in [2.24, 2.45) is 0 Å². The van der Waals surface area contributed by atoms with Crippen LogP contribution in [0.15, 0.2) is 12.1 Å². The van der Waals surface area contributed by atoms with Gasteiger partial charge < -0.3 is 10.6 Å². The summed E-state index contributed by atoms with van der Waals surface area (Å²) >= 11 is 0. The summed E-state index contributed by atoms with van der Waals surface area (Å²) in [6, 6.07) is 2.10. The molecule has 0 bridgehead atoms. The largest absolute Gasteiger partial charge is 0.340 e. The van der Waals surface area contributed by atoms with Crippen LogP contribution in [0.1, 0.15) is 22.8 Å². The smallest absolute Gasteiger partial charge is 0.293 e. The average Bonchev–Trinajstić information content (AvgIpc) is 2.38. The Kier molecular flexibility index (Phi) is 2.74. The molecule has 0 spiro atoms. The maximum Gasteiger partial charge on any atom is 0.293 e. The predicted octanol–water partition coefficient (Wildman–Crippen LogP) is 0.974. The van der Waals surface area contributed by atoms with Crippen molar-refractivity contribution >= 4 is 23.2 Å². The summed E-state index contributed by atoms with van der Waals surface area (Å²) in [5.74, 6) is -0.975. The number of rotatable bonds is 1. The van der Waals surface area contributed by atoms with Gasteiger partial charge in [0, 0.05) is 6.07 Å². The van der Waals surface area contributed by atoms with Gasteiger partial charge in [-0.15, -0.1) is 0 Å². The molecule has 2 N–H and O–H groups in total. The van der Waals surface area contributed by atoms with E-state index in [2.05, 4.69) is 10.6 Å². The number of anilines is 1. The molecule has 0 fully saturated rings. The molecule has 94 valence electrons. The second-order valence-electron chi connectivity index (χ2n) is 4.15. The number of hydrogen-bond donors (Lipinski definition) is 2. The van der Waals surface area contributed by atoms with E-state index in [1.165, 1.54) is 19.1 Å². The normalized spacial score (nSPS) is 18.4. The van der Waals surface area contributed by atoms with Crippen molar-refractivity contribution in [2.75, 3.05) is 5.32 Å². The number of nitro benzene ring substituents is 1. The average molecular weight is 249 g/mol. The van der Waals surface area contributed by atoms with E-state index in [4.69, 9.17) is 0 Å². The van der Waals surface area contributed by atoms with Crippen LogP contribution in [0, 0.1) is 17.0 Å². The Bertz CT molecular complexity index is 568. The lowest BCUT2D eigenvalue weighted by molar-refractivity contribution is -0.384. The summed E-state index contributed by atoms with van der Waals surface area (Å²) in [4.78, 5) is 33.8. The first-order chi connectivity index (χ1) is 8.40. The Balaban J connectivity index is 2.68. The number of carbonyl (C=O) groups excluding carboxylic acids is 2. The van der Waals surface area contributed by atoms with E-state index in [1.807, 2.05) is 0 Å².